The van der Waals surface area contributed by atoms with Gasteiger partial charge in [-0.15, -0.1) is 0 Å². The fourth-order valence-electron chi connectivity index (χ4n) is 2.31. The Morgan fingerprint density at radius 2 is 1.63 bits per heavy atom. The van der Waals surface area contributed by atoms with Crippen LogP contribution in [0.5, 0.6) is 5.75 Å². The minimum Gasteiger partial charge on any atom is -0.489 e. The SMILES string of the molecule is CCCc1cccc(OCc2c(C)cccc2C)c1. The Labute approximate surface area is 116 Å². The van der Waals surface area contributed by atoms with Gasteiger partial charge in [-0.2, -0.15) is 0 Å². The van der Waals surface area contributed by atoms with E-state index in [1.807, 2.05) is 6.07 Å². The second-order valence-corrected chi connectivity index (χ2v) is 5.06. The van der Waals surface area contributed by atoms with Crippen molar-refractivity contribution in [2.45, 2.75) is 40.2 Å². The molecule has 0 amide bonds. The molecule has 100 valence electrons. The van der Waals surface area contributed by atoms with E-state index in [2.05, 4.69) is 57.2 Å². The molecule has 0 saturated carbocycles. The summed E-state index contributed by atoms with van der Waals surface area (Å²) in [4.78, 5) is 0. The van der Waals surface area contributed by atoms with Gasteiger partial charge in [0.15, 0.2) is 0 Å². The van der Waals surface area contributed by atoms with E-state index in [1.165, 1.54) is 28.7 Å². The summed E-state index contributed by atoms with van der Waals surface area (Å²) in [6.45, 7) is 7.12. The quantitative estimate of drug-likeness (QED) is 0.742. The van der Waals surface area contributed by atoms with Crippen LogP contribution in [0.2, 0.25) is 0 Å². The van der Waals surface area contributed by atoms with Crippen LogP contribution in [-0.2, 0) is 13.0 Å². The van der Waals surface area contributed by atoms with Crippen LogP contribution in [-0.4, -0.2) is 0 Å². The fourth-order valence-corrected chi connectivity index (χ4v) is 2.31. The third-order valence-corrected chi connectivity index (χ3v) is 3.46. The molecule has 0 aromatic heterocycles. The molecule has 2 aromatic carbocycles. The van der Waals surface area contributed by atoms with Crippen LogP contribution in [0, 0.1) is 13.8 Å². The molecule has 2 rings (SSSR count). The zero-order valence-electron chi connectivity index (χ0n) is 12.1. The minimum absolute atomic E-state index is 0.647. The van der Waals surface area contributed by atoms with Crippen molar-refractivity contribution < 1.29 is 4.74 Å². The van der Waals surface area contributed by atoms with E-state index < -0.39 is 0 Å². The summed E-state index contributed by atoms with van der Waals surface area (Å²) >= 11 is 0. The number of hydrogen-bond acceptors (Lipinski definition) is 1. The lowest BCUT2D eigenvalue weighted by Crippen LogP contribution is -2.00. The molecule has 1 heteroatoms. The van der Waals surface area contributed by atoms with Gasteiger partial charge in [0.05, 0.1) is 0 Å². The smallest absolute Gasteiger partial charge is 0.120 e. The van der Waals surface area contributed by atoms with Gasteiger partial charge in [-0.1, -0.05) is 43.7 Å². The highest BCUT2D eigenvalue weighted by molar-refractivity contribution is 5.34. The van der Waals surface area contributed by atoms with Gasteiger partial charge in [0, 0.05) is 0 Å². The highest BCUT2D eigenvalue weighted by atomic mass is 16.5. The highest BCUT2D eigenvalue weighted by Gasteiger charge is 2.03. The van der Waals surface area contributed by atoms with Gasteiger partial charge in [-0.05, 0) is 54.7 Å². The van der Waals surface area contributed by atoms with Crippen LogP contribution in [0.1, 0.15) is 35.6 Å². The zero-order chi connectivity index (χ0) is 13.7. The first-order chi connectivity index (χ1) is 9.20. The second kappa shape index (κ2) is 6.42. The van der Waals surface area contributed by atoms with Crippen LogP contribution in [0.4, 0.5) is 0 Å². The Morgan fingerprint density at radius 1 is 0.947 bits per heavy atom. The van der Waals surface area contributed by atoms with Gasteiger partial charge in [0.25, 0.3) is 0 Å². The van der Waals surface area contributed by atoms with Gasteiger partial charge in [-0.25, -0.2) is 0 Å². The summed E-state index contributed by atoms with van der Waals surface area (Å²) in [5.74, 6) is 0.966. The lowest BCUT2D eigenvalue weighted by molar-refractivity contribution is 0.304. The number of hydrogen-bond donors (Lipinski definition) is 0. The van der Waals surface area contributed by atoms with Crippen molar-refractivity contribution in [3.05, 3.63) is 64.7 Å². The van der Waals surface area contributed by atoms with Crippen molar-refractivity contribution >= 4 is 0 Å². The predicted octanol–water partition coefficient (Wildman–Crippen LogP) is 4.83. The number of rotatable bonds is 5. The van der Waals surface area contributed by atoms with Gasteiger partial charge >= 0.3 is 0 Å². The van der Waals surface area contributed by atoms with Gasteiger partial charge < -0.3 is 4.74 Å². The molecule has 0 fully saturated rings. The normalized spacial score (nSPS) is 10.5. The van der Waals surface area contributed by atoms with Crippen molar-refractivity contribution in [2.75, 3.05) is 0 Å². The molecule has 0 bridgehead atoms. The van der Waals surface area contributed by atoms with E-state index in [4.69, 9.17) is 4.74 Å². The van der Waals surface area contributed by atoms with Crippen molar-refractivity contribution in [3.8, 4) is 5.75 Å². The summed E-state index contributed by atoms with van der Waals surface area (Å²) in [6.07, 6.45) is 2.28. The molecule has 0 aliphatic heterocycles. The molecule has 1 nitrogen and oxygen atoms in total. The maximum atomic E-state index is 5.94. The van der Waals surface area contributed by atoms with E-state index in [-0.39, 0.29) is 0 Å². The first-order valence-electron chi connectivity index (χ1n) is 6.97. The summed E-state index contributed by atoms with van der Waals surface area (Å²) < 4.78 is 5.94. The van der Waals surface area contributed by atoms with E-state index >= 15 is 0 Å². The molecule has 0 unspecified atom stereocenters. The third-order valence-electron chi connectivity index (χ3n) is 3.46. The molecular weight excluding hydrogens is 232 g/mol. The van der Waals surface area contributed by atoms with E-state index in [0.717, 1.165) is 12.2 Å². The Kier molecular flexibility index (Phi) is 4.62. The van der Waals surface area contributed by atoms with E-state index in [9.17, 15) is 0 Å². The first kappa shape index (κ1) is 13.7. The second-order valence-electron chi connectivity index (χ2n) is 5.06. The molecule has 0 N–H and O–H groups in total. The summed E-state index contributed by atoms with van der Waals surface area (Å²) in [5, 5.41) is 0. The van der Waals surface area contributed by atoms with E-state index in [0.29, 0.717) is 6.61 Å². The van der Waals surface area contributed by atoms with Crippen LogP contribution < -0.4 is 4.74 Å². The Bertz CT molecular complexity index is 523. The first-order valence-corrected chi connectivity index (χ1v) is 6.97. The van der Waals surface area contributed by atoms with Gasteiger partial charge in [-0.3, -0.25) is 0 Å². The summed E-state index contributed by atoms with van der Waals surface area (Å²) in [7, 11) is 0. The standard InChI is InChI=1S/C18H22O/c1-4-7-16-10-6-11-17(12-16)19-13-18-14(2)8-5-9-15(18)3/h5-6,8-12H,4,7,13H2,1-3H3. The third kappa shape index (κ3) is 3.60. The van der Waals surface area contributed by atoms with Crippen LogP contribution in [0.15, 0.2) is 42.5 Å². The van der Waals surface area contributed by atoms with Gasteiger partial charge in [0.1, 0.15) is 12.4 Å². The lowest BCUT2D eigenvalue weighted by Gasteiger charge is -2.12. The molecule has 2 aromatic rings. The largest absolute Gasteiger partial charge is 0.489 e. The summed E-state index contributed by atoms with van der Waals surface area (Å²) in [5.41, 5.74) is 5.24. The maximum absolute atomic E-state index is 5.94. The van der Waals surface area contributed by atoms with Crippen LogP contribution in [0.25, 0.3) is 0 Å². The average Bonchev–Trinajstić information content (AvgIpc) is 2.39. The highest BCUT2D eigenvalue weighted by Crippen LogP contribution is 2.19. The molecular formula is C18H22O. The average molecular weight is 254 g/mol. The molecule has 19 heavy (non-hydrogen) atoms. The van der Waals surface area contributed by atoms with Crippen LogP contribution >= 0.6 is 0 Å². The fraction of sp³-hybridized carbons (Fsp3) is 0.333. The molecule has 0 aliphatic carbocycles. The number of benzene rings is 2. The van der Waals surface area contributed by atoms with Crippen molar-refractivity contribution in [1.82, 2.24) is 0 Å². The molecule has 0 saturated heterocycles. The maximum Gasteiger partial charge on any atom is 0.120 e. The minimum atomic E-state index is 0.647. The molecule has 0 atom stereocenters. The number of aryl methyl sites for hydroxylation is 3. The molecule has 0 heterocycles. The van der Waals surface area contributed by atoms with Gasteiger partial charge in [0.2, 0.25) is 0 Å². The topological polar surface area (TPSA) is 9.23 Å². The predicted molar refractivity (Wildman–Crippen MR) is 80.7 cm³/mol. The van der Waals surface area contributed by atoms with Crippen molar-refractivity contribution in [1.29, 1.82) is 0 Å². The number of ether oxygens (including phenoxy) is 1. The Balaban J connectivity index is 2.08. The monoisotopic (exact) mass is 254 g/mol. The molecule has 0 radical (unpaired) electrons. The Morgan fingerprint density at radius 3 is 2.32 bits per heavy atom. The van der Waals surface area contributed by atoms with Crippen molar-refractivity contribution in [2.24, 2.45) is 0 Å². The van der Waals surface area contributed by atoms with Crippen LogP contribution in [0.3, 0.4) is 0 Å². The molecule has 0 aliphatic rings. The van der Waals surface area contributed by atoms with Crippen molar-refractivity contribution in [3.63, 3.8) is 0 Å². The lowest BCUT2D eigenvalue weighted by atomic mass is 10.0. The summed E-state index contributed by atoms with van der Waals surface area (Å²) in [6, 6.07) is 14.8. The zero-order valence-corrected chi connectivity index (χ0v) is 12.1. The Hall–Kier alpha value is -1.76. The van der Waals surface area contributed by atoms with E-state index in [1.54, 1.807) is 0 Å². The molecule has 0 spiro atoms.